The number of amides is 1. The molecule has 3 N–H and O–H groups in total. The molecule has 0 aromatic carbocycles. The highest BCUT2D eigenvalue weighted by molar-refractivity contribution is 5.85. The molecule has 0 bridgehead atoms. The molecule has 0 aromatic rings. The Kier molecular flexibility index (Phi) is 1.06. The summed E-state index contributed by atoms with van der Waals surface area (Å²) < 4.78 is 0. The van der Waals surface area contributed by atoms with Crippen molar-refractivity contribution in [2.24, 2.45) is 5.73 Å². The van der Waals surface area contributed by atoms with E-state index in [1.165, 1.54) is 12.8 Å². The van der Waals surface area contributed by atoms with Crippen LogP contribution in [0.15, 0.2) is 0 Å². The van der Waals surface area contributed by atoms with Crippen molar-refractivity contribution in [2.75, 3.05) is 0 Å². The van der Waals surface area contributed by atoms with E-state index in [0.717, 1.165) is 12.8 Å². The van der Waals surface area contributed by atoms with E-state index in [2.05, 4.69) is 5.32 Å². The molecule has 2 fully saturated rings. The summed E-state index contributed by atoms with van der Waals surface area (Å²) in [4.78, 5) is 10.7. The van der Waals surface area contributed by atoms with E-state index < -0.39 is 0 Å². The maximum atomic E-state index is 10.7. The molecule has 1 saturated carbocycles. The van der Waals surface area contributed by atoms with Crippen LogP contribution in [0.4, 0.5) is 0 Å². The SMILES string of the molecule is NC(=O)C1NC12CCCC2. The lowest BCUT2D eigenvalue weighted by molar-refractivity contribution is -0.117. The average Bonchev–Trinajstić information content (AvgIpc) is 2.32. The summed E-state index contributed by atoms with van der Waals surface area (Å²) in [5.74, 6) is -0.179. The molecular weight excluding hydrogens is 128 g/mol. The number of nitrogens with one attached hydrogen (secondary N) is 1. The van der Waals surface area contributed by atoms with E-state index in [4.69, 9.17) is 5.73 Å². The molecule has 3 nitrogen and oxygen atoms in total. The number of nitrogens with two attached hydrogens (primary N) is 1. The van der Waals surface area contributed by atoms with Gasteiger partial charge < -0.3 is 5.73 Å². The van der Waals surface area contributed by atoms with Gasteiger partial charge in [0.25, 0.3) is 0 Å². The zero-order valence-corrected chi connectivity index (χ0v) is 5.89. The fourth-order valence-electron chi connectivity index (χ4n) is 2.03. The number of carbonyl (C=O) groups is 1. The minimum atomic E-state index is -0.179. The molecule has 1 spiro atoms. The summed E-state index contributed by atoms with van der Waals surface area (Å²) >= 11 is 0. The second-order valence-corrected chi connectivity index (χ2v) is 3.34. The maximum Gasteiger partial charge on any atom is 0.236 e. The van der Waals surface area contributed by atoms with Gasteiger partial charge in [-0.3, -0.25) is 10.1 Å². The molecule has 0 radical (unpaired) electrons. The van der Waals surface area contributed by atoms with E-state index >= 15 is 0 Å². The lowest BCUT2D eigenvalue weighted by Gasteiger charge is -2.00. The van der Waals surface area contributed by atoms with Crippen LogP contribution in [0.3, 0.4) is 0 Å². The van der Waals surface area contributed by atoms with Crippen LogP contribution in [0.2, 0.25) is 0 Å². The second kappa shape index (κ2) is 1.72. The normalized spacial score (nSPS) is 34.6. The zero-order chi connectivity index (χ0) is 7.19. The van der Waals surface area contributed by atoms with Crippen molar-refractivity contribution < 1.29 is 4.79 Å². The molecule has 56 valence electrons. The highest BCUT2D eigenvalue weighted by Crippen LogP contribution is 2.42. The van der Waals surface area contributed by atoms with Gasteiger partial charge in [0.1, 0.15) is 6.04 Å². The van der Waals surface area contributed by atoms with Crippen molar-refractivity contribution in [1.82, 2.24) is 5.32 Å². The van der Waals surface area contributed by atoms with Crippen molar-refractivity contribution in [3.63, 3.8) is 0 Å². The van der Waals surface area contributed by atoms with Crippen molar-refractivity contribution in [2.45, 2.75) is 37.3 Å². The molecule has 1 aliphatic heterocycles. The smallest absolute Gasteiger partial charge is 0.236 e. The standard InChI is InChI=1S/C7H12N2O/c8-6(10)5-7(9-5)3-1-2-4-7/h5,9H,1-4H2,(H2,8,10). The third kappa shape index (κ3) is 0.669. The highest BCUT2D eigenvalue weighted by Gasteiger charge is 2.57. The molecule has 2 rings (SSSR count). The molecule has 1 unspecified atom stereocenters. The van der Waals surface area contributed by atoms with Crippen LogP contribution < -0.4 is 11.1 Å². The van der Waals surface area contributed by atoms with Crippen LogP contribution >= 0.6 is 0 Å². The second-order valence-electron chi connectivity index (χ2n) is 3.34. The first-order chi connectivity index (χ1) is 4.75. The van der Waals surface area contributed by atoms with E-state index in [9.17, 15) is 4.79 Å². The van der Waals surface area contributed by atoms with Gasteiger partial charge in [0.15, 0.2) is 0 Å². The first kappa shape index (κ1) is 6.16. The van der Waals surface area contributed by atoms with Crippen molar-refractivity contribution in [3.05, 3.63) is 0 Å². The van der Waals surface area contributed by atoms with E-state index in [0.29, 0.717) is 0 Å². The van der Waals surface area contributed by atoms with Gasteiger partial charge in [-0.2, -0.15) is 0 Å². The van der Waals surface area contributed by atoms with Gasteiger partial charge in [-0.15, -0.1) is 0 Å². The van der Waals surface area contributed by atoms with Crippen LogP contribution in [0, 0.1) is 0 Å². The average molecular weight is 140 g/mol. The quantitative estimate of drug-likeness (QED) is 0.493. The number of rotatable bonds is 1. The van der Waals surface area contributed by atoms with Crippen molar-refractivity contribution in [1.29, 1.82) is 0 Å². The predicted molar refractivity (Wildman–Crippen MR) is 37.3 cm³/mol. The van der Waals surface area contributed by atoms with Crippen molar-refractivity contribution >= 4 is 5.91 Å². The van der Waals surface area contributed by atoms with Gasteiger partial charge >= 0.3 is 0 Å². The van der Waals surface area contributed by atoms with Gasteiger partial charge in [0.2, 0.25) is 5.91 Å². The first-order valence-electron chi connectivity index (χ1n) is 3.82. The van der Waals surface area contributed by atoms with Gasteiger partial charge in [0, 0.05) is 5.54 Å². The fraction of sp³-hybridized carbons (Fsp3) is 0.857. The number of hydrogen-bond donors (Lipinski definition) is 2. The summed E-state index contributed by atoms with van der Waals surface area (Å²) in [6.45, 7) is 0. The highest BCUT2D eigenvalue weighted by atomic mass is 16.1. The molecule has 1 atom stereocenters. The molecule has 1 aliphatic carbocycles. The van der Waals surface area contributed by atoms with E-state index in [1.54, 1.807) is 0 Å². The minimum absolute atomic E-state index is 0.00463. The Morgan fingerprint density at radius 1 is 1.50 bits per heavy atom. The summed E-state index contributed by atoms with van der Waals surface area (Å²) in [5.41, 5.74) is 5.31. The topological polar surface area (TPSA) is 65.0 Å². The Labute approximate surface area is 60.0 Å². The summed E-state index contributed by atoms with van der Waals surface area (Å²) in [5, 5.41) is 3.17. The molecule has 1 saturated heterocycles. The summed E-state index contributed by atoms with van der Waals surface area (Å²) in [7, 11) is 0. The largest absolute Gasteiger partial charge is 0.368 e. The summed E-state index contributed by atoms with van der Waals surface area (Å²) in [6.07, 6.45) is 4.77. The Bertz CT molecular complexity index is 172. The van der Waals surface area contributed by atoms with Crippen LogP contribution in [0.1, 0.15) is 25.7 Å². The van der Waals surface area contributed by atoms with Crippen LogP contribution in [0.25, 0.3) is 0 Å². The Morgan fingerprint density at radius 3 is 2.50 bits per heavy atom. The third-order valence-corrected chi connectivity index (χ3v) is 2.68. The van der Waals surface area contributed by atoms with Gasteiger partial charge in [-0.1, -0.05) is 12.8 Å². The zero-order valence-electron chi connectivity index (χ0n) is 5.89. The van der Waals surface area contributed by atoms with E-state index in [1.807, 2.05) is 0 Å². The summed E-state index contributed by atoms with van der Waals surface area (Å²) in [6, 6.07) is -0.00463. The molecular formula is C7H12N2O. The van der Waals surface area contributed by atoms with Crippen molar-refractivity contribution in [3.8, 4) is 0 Å². The number of carbonyl (C=O) groups excluding carboxylic acids is 1. The van der Waals surface area contributed by atoms with Gasteiger partial charge in [0.05, 0.1) is 0 Å². The van der Waals surface area contributed by atoms with Gasteiger partial charge in [-0.25, -0.2) is 0 Å². The third-order valence-electron chi connectivity index (χ3n) is 2.68. The number of primary amides is 1. The minimum Gasteiger partial charge on any atom is -0.368 e. The fourth-order valence-corrected chi connectivity index (χ4v) is 2.03. The molecule has 0 aromatic heterocycles. The molecule has 10 heavy (non-hydrogen) atoms. The van der Waals surface area contributed by atoms with Gasteiger partial charge in [-0.05, 0) is 12.8 Å². The van der Waals surface area contributed by atoms with Crippen LogP contribution in [-0.2, 0) is 4.79 Å². The lowest BCUT2D eigenvalue weighted by atomic mass is 10.0. The predicted octanol–water partition coefficient (Wildman–Crippen LogP) is -0.244. The lowest BCUT2D eigenvalue weighted by Crippen LogP contribution is -2.24. The molecule has 1 amide bonds. The monoisotopic (exact) mass is 140 g/mol. The Morgan fingerprint density at radius 2 is 2.10 bits per heavy atom. The first-order valence-corrected chi connectivity index (χ1v) is 3.82. The Balaban J connectivity index is 2.04. The van der Waals surface area contributed by atoms with Crippen LogP contribution in [0.5, 0.6) is 0 Å². The molecule has 2 aliphatic rings. The molecule has 1 heterocycles. The van der Waals surface area contributed by atoms with Crippen LogP contribution in [-0.4, -0.2) is 17.5 Å². The maximum absolute atomic E-state index is 10.7. The molecule has 3 heteroatoms. The number of hydrogen-bond acceptors (Lipinski definition) is 2. The van der Waals surface area contributed by atoms with E-state index in [-0.39, 0.29) is 17.5 Å². The Hall–Kier alpha value is -0.570.